The third kappa shape index (κ3) is 2.42. The van der Waals surface area contributed by atoms with Crippen LogP contribution in [-0.4, -0.2) is 15.0 Å². The van der Waals surface area contributed by atoms with E-state index in [1.807, 2.05) is 52.9 Å². The molecule has 0 aliphatic rings. The molecule has 3 rings (SSSR count). The first-order valence-electron chi connectivity index (χ1n) is 5.45. The van der Waals surface area contributed by atoms with Gasteiger partial charge in [0.2, 0.25) is 0 Å². The summed E-state index contributed by atoms with van der Waals surface area (Å²) in [7, 11) is 0. The molecule has 1 aromatic carbocycles. The Morgan fingerprint density at radius 1 is 1.26 bits per heavy atom. The fourth-order valence-corrected chi connectivity index (χ4v) is 2.55. The van der Waals surface area contributed by atoms with E-state index in [2.05, 4.69) is 30.9 Å². The van der Waals surface area contributed by atoms with Crippen molar-refractivity contribution in [3.05, 3.63) is 54.9 Å². The molecule has 19 heavy (non-hydrogen) atoms. The highest BCUT2D eigenvalue weighted by Crippen LogP contribution is 2.26. The van der Waals surface area contributed by atoms with Crippen molar-refractivity contribution in [3.8, 4) is 11.5 Å². The average molecular weight is 428 g/mol. The predicted octanol–water partition coefficient (Wildman–Crippen LogP) is 3.35. The third-order valence-corrected chi connectivity index (χ3v) is 4.03. The van der Waals surface area contributed by atoms with Gasteiger partial charge in [-0.15, -0.1) is 0 Å². The Hall–Kier alpha value is -1.28. The van der Waals surface area contributed by atoms with Crippen molar-refractivity contribution in [1.29, 1.82) is 0 Å². The van der Waals surface area contributed by atoms with Crippen molar-refractivity contribution < 1.29 is 0 Å². The molecule has 4 nitrogen and oxygen atoms in total. The van der Waals surface area contributed by atoms with Gasteiger partial charge in [0.05, 0.1) is 9.09 Å². The minimum atomic E-state index is -0.160. The second-order valence-corrected chi connectivity index (χ2v) is 5.94. The van der Waals surface area contributed by atoms with E-state index in [1.165, 1.54) is 6.20 Å². The van der Waals surface area contributed by atoms with Crippen molar-refractivity contribution in [3.63, 3.8) is 0 Å². The molecule has 0 aliphatic carbocycles. The number of H-pyrrole nitrogens is 1. The summed E-state index contributed by atoms with van der Waals surface area (Å²) in [5, 5.41) is 1.03. The van der Waals surface area contributed by atoms with Crippen molar-refractivity contribution in [1.82, 2.24) is 15.0 Å². The number of hydrogen-bond acceptors (Lipinski definition) is 3. The Morgan fingerprint density at radius 2 is 2.05 bits per heavy atom. The summed E-state index contributed by atoms with van der Waals surface area (Å²) in [6.45, 7) is 0. The third-order valence-electron chi connectivity index (χ3n) is 2.66. The summed E-state index contributed by atoms with van der Waals surface area (Å²) in [6.07, 6.45) is 1.54. The van der Waals surface area contributed by atoms with Crippen LogP contribution < -0.4 is 5.56 Å². The fourth-order valence-electron chi connectivity index (χ4n) is 1.76. The first-order valence-corrected chi connectivity index (χ1v) is 7.33. The van der Waals surface area contributed by atoms with Crippen LogP contribution in [0.4, 0.5) is 0 Å². The summed E-state index contributed by atoms with van der Waals surface area (Å²) in [4.78, 5) is 23.1. The van der Waals surface area contributed by atoms with Crippen LogP contribution in [0.5, 0.6) is 0 Å². The van der Waals surface area contributed by atoms with E-state index in [4.69, 9.17) is 0 Å². The van der Waals surface area contributed by atoms with E-state index in [9.17, 15) is 4.79 Å². The van der Waals surface area contributed by atoms with Gasteiger partial charge in [-0.2, -0.15) is 0 Å². The number of fused-ring (bicyclic) bond motifs is 1. The van der Waals surface area contributed by atoms with Crippen LogP contribution in [0.25, 0.3) is 22.4 Å². The van der Waals surface area contributed by atoms with Crippen LogP contribution >= 0.6 is 38.5 Å². The van der Waals surface area contributed by atoms with E-state index >= 15 is 0 Å². The van der Waals surface area contributed by atoms with Crippen LogP contribution in [0.1, 0.15) is 0 Å². The molecule has 0 amide bonds. The maximum absolute atomic E-state index is 11.6. The lowest BCUT2D eigenvalue weighted by atomic mass is 10.2. The molecule has 1 N–H and O–H groups in total. The number of nitrogens with zero attached hydrogens (tertiary/aromatic N) is 2. The van der Waals surface area contributed by atoms with Crippen LogP contribution in [0, 0.1) is 3.57 Å². The van der Waals surface area contributed by atoms with Gasteiger partial charge in [0, 0.05) is 16.1 Å². The maximum atomic E-state index is 11.6. The minimum Gasteiger partial charge on any atom is -0.304 e. The van der Waals surface area contributed by atoms with Gasteiger partial charge in [-0.3, -0.25) is 4.79 Å². The zero-order valence-corrected chi connectivity index (χ0v) is 13.3. The summed E-state index contributed by atoms with van der Waals surface area (Å²) in [6, 6.07) is 9.77. The molecule has 0 unspecified atom stereocenters. The second-order valence-electron chi connectivity index (χ2n) is 3.92. The number of hydrogen-bond donors (Lipinski definition) is 1. The van der Waals surface area contributed by atoms with Gasteiger partial charge in [-0.1, -0.05) is 18.2 Å². The van der Waals surface area contributed by atoms with Crippen LogP contribution in [0.2, 0.25) is 0 Å². The molecule has 0 saturated heterocycles. The molecule has 2 heterocycles. The molecule has 3 aromatic rings. The van der Waals surface area contributed by atoms with Gasteiger partial charge in [-0.05, 0) is 50.7 Å². The van der Waals surface area contributed by atoms with Gasteiger partial charge in [0.15, 0.2) is 5.82 Å². The fraction of sp³-hybridized carbons (Fsp3) is 0. The normalized spacial score (nSPS) is 10.8. The topological polar surface area (TPSA) is 58.6 Å². The Kier molecular flexibility index (Phi) is 3.36. The summed E-state index contributed by atoms with van der Waals surface area (Å²) in [5.74, 6) is 0.461. The first-order chi connectivity index (χ1) is 9.15. The zero-order valence-electron chi connectivity index (χ0n) is 9.52. The number of nitrogens with one attached hydrogen (secondary N) is 1. The molecule has 0 atom stereocenters. The molecule has 0 spiro atoms. The molecular weight excluding hydrogens is 421 g/mol. The van der Waals surface area contributed by atoms with E-state index in [0.29, 0.717) is 15.1 Å². The number of para-hydroxylation sites is 1. The molecule has 2 aromatic heterocycles. The Bertz CT molecular complexity index is 831. The number of rotatable bonds is 1. The average Bonchev–Trinajstić information content (AvgIpc) is 2.41. The highest BCUT2D eigenvalue weighted by Gasteiger charge is 2.10. The number of pyridine rings is 1. The van der Waals surface area contributed by atoms with Gasteiger partial charge >= 0.3 is 0 Å². The summed E-state index contributed by atoms with van der Waals surface area (Å²) < 4.78 is 1.36. The predicted molar refractivity (Wildman–Crippen MR) is 86.0 cm³/mol. The molecule has 0 fully saturated rings. The van der Waals surface area contributed by atoms with Crippen LogP contribution in [0.15, 0.2) is 45.8 Å². The lowest BCUT2D eigenvalue weighted by Gasteiger charge is -2.05. The van der Waals surface area contributed by atoms with Crippen molar-refractivity contribution >= 4 is 49.4 Å². The van der Waals surface area contributed by atoms with Crippen molar-refractivity contribution in [2.75, 3.05) is 0 Å². The van der Waals surface area contributed by atoms with E-state index in [0.717, 1.165) is 15.4 Å². The van der Waals surface area contributed by atoms with Gasteiger partial charge in [0.1, 0.15) is 5.69 Å². The minimum absolute atomic E-state index is 0.160. The smallest absolute Gasteiger partial charge is 0.264 e. The monoisotopic (exact) mass is 427 g/mol. The molecule has 0 saturated carbocycles. The van der Waals surface area contributed by atoms with E-state index < -0.39 is 0 Å². The molecule has 0 aliphatic heterocycles. The Balaban J connectivity index is 2.26. The number of aromatic nitrogens is 3. The van der Waals surface area contributed by atoms with Crippen LogP contribution in [0.3, 0.4) is 0 Å². The van der Waals surface area contributed by atoms with Crippen LogP contribution in [-0.2, 0) is 0 Å². The van der Waals surface area contributed by atoms with Gasteiger partial charge < -0.3 is 4.98 Å². The van der Waals surface area contributed by atoms with Gasteiger partial charge in [-0.25, -0.2) is 9.97 Å². The Morgan fingerprint density at radius 3 is 2.84 bits per heavy atom. The lowest BCUT2D eigenvalue weighted by Crippen LogP contribution is -2.12. The SMILES string of the molecule is O=c1[nH]c(-c2nc3ccccc3cc2Br)ncc1I. The summed E-state index contributed by atoms with van der Waals surface area (Å²) in [5.41, 5.74) is 1.33. The lowest BCUT2D eigenvalue weighted by molar-refractivity contribution is 1.09. The van der Waals surface area contributed by atoms with E-state index in [-0.39, 0.29) is 5.56 Å². The van der Waals surface area contributed by atoms with E-state index in [1.54, 1.807) is 0 Å². The summed E-state index contributed by atoms with van der Waals surface area (Å²) >= 11 is 5.42. The second kappa shape index (κ2) is 5.01. The molecule has 0 bridgehead atoms. The van der Waals surface area contributed by atoms with Crippen molar-refractivity contribution in [2.24, 2.45) is 0 Å². The molecule has 0 radical (unpaired) electrons. The number of benzene rings is 1. The molecule has 6 heteroatoms. The molecule has 94 valence electrons. The number of halogens is 2. The van der Waals surface area contributed by atoms with Gasteiger partial charge in [0.25, 0.3) is 5.56 Å². The maximum Gasteiger partial charge on any atom is 0.264 e. The quantitative estimate of drug-likeness (QED) is 0.606. The zero-order chi connectivity index (χ0) is 13.4. The largest absolute Gasteiger partial charge is 0.304 e. The van der Waals surface area contributed by atoms with Crippen molar-refractivity contribution in [2.45, 2.75) is 0 Å². The highest BCUT2D eigenvalue weighted by atomic mass is 127. The standard InChI is InChI=1S/C13H7BrIN3O/c14-8-5-7-3-1-2-4-10(7)17-11(8)12-16-6-9(15)13(19)18-12/h1-6H,(H,16,18,19). The number of aromatic amines is 1. The Labute approximate surface area is 130 Å². The molecular formula is C13H7BrIN3O. The highest BCUT2D eigenvalue weighted by molar-refractivity contribution is 14.1. The first kappa shape index (κ1) is 12.7.